The monoisotopic (exact) mass is 422 g/mol. The Morgan fingerprint density at radius 2 is 1.90 bits per heavy atom. The highest BCUT2D eigenvalue weighted by molar-refractivity contribution is 6.38. The van der Waals surface area contributed by atoms with Gasteiger partial charge in [0.1, 0.15) is 6.04 Å². The van der Waals surface area contributed by atoms with Crippen molar-refractivity contribution in [3.63, 3.8) is 0 Å². The number of nitrogens with two attached hydrogens (primary N) is 1. The van der Waals surface area contributed by atoms with Gasteiger partial charge in [0.05, 0.1) is 12.1 Å². The Balaban J connectivity index is 2.99. The quantitative estimate of drug-likeness (QED) is 0.360. The topological polar surface area (TPSA) is 122 Å². The fraction of sp³-hybridized carbons (Fsp3) is 0.727. The maximum absolute atomic E-state index is 13.1. The predicted molar refractivity (Wildman–Crippen MR) is 116 cm³/mol. The molecule has 4 N–H and O–H groups in total. The molecule has 1 heterocycles. The summed E-state index contributed by atoms with van der Waals surface area (Å²) in [5.41, 5.74) is 5.71. The number of rotatable bonds is 10. The van der Waals surface area contributed by atoms with Crippen LogP contribution in [0, 0.1) is 11.3 Å². The second-order valence-corrected chi connectivity index (χ2v) is 9.15. The maximum Gasteiger partial charge on any atom is 0.289 e. The number of nitrogens with one attached hydrogen (secondary N) is 2. The summed E-state index contributed by atoms with van der Waals surface area (Å²) in [7, 11) is 0. The molecule has 0 spiro atoms. The van der Waals surface area contributed by atoms with Gasteiger partial charge in [-0.05, 0) is 24.2 Å². The molecule has 0 saturated carbocycles. The van der Waals surface area contributed by atoms with Gasteiger partial charge in [0.2, 0.25) is 17.6 Å². The van der Waals surface area contributed by atoms with E-state index in [1.807, 2.05) is 34.6 Å². The highest BCUT2D eigenvalue weighted by Gasteiger charge is 2.43. The molecule has 0 radical (unpaired) electrons. The van der Waals surface area contributed by atoms with Crippen LogP contribution in [0.25, 0.3) is 0 Å². The lowest BCUT2D eigenvalue weighted by Crippen LogP contribution is -2.58. The van der Waals surface area contributed by atoms with E-state index < -0.39 is 41.1 Å². The Hall–Kier alpha value is -2.22. The SMILES string of the molecule is C=CCNC(=O)C(=O)C(CCCC)NC(=O)[C@@H]1C(C)CCN1C(=O)[C@@H](N)C(C)(C)C. The molecule has 0 aromatic rings. The summed E-state index contributed by atoms with van der Waals surface area (Å²) in [6.45, 7) is 13.6. The maximum atomic E-state index is 13.1. The van der Waals surface area contributed by atoms with E-state index in [0.29, 0.717) is 25.8 Å². The average Bonchev–Trinajstić information content (AvgIpc) is 3.08. The van der Waals surface area contributed by atoms with Crippen molar-refractivity contribution in [1.82, 2.24) is 15.5 Å². The van der Waals surface area contributed by atoms with E-state index in [0.717, 1.165) is 6.42 Å². The van der Waals surface area contributed by atoms with Gasteiger partial charge in [-0.1, -0.05) is 53.5 Å². The molecule has 1 rings (SSSR count). The van der Waals surface area contributed by atoms with Gasteiger partial charge >= 0.3 is 0 Å². The van der Waals surface area contributed by atoms with Gasteiger partial charge in [-0.25, -0.2) is 0 Å². The zero-order chi connectivity index (χ0) is 23.1. The molecule has 1 aliphatic heterocycles. The molecule has 0 bridgehead atoms. The third-order valence-corrected chi connectivity index (χ3v) is 5.56. The Morgan fingerprint density at radius 1 is 1.27 bits per heavy atom. The van der Waals surface area contributed by atoms with Gasteiger partial charge in [0.15, 0.2) is 0 Å². The minimum absolute atomic E-state index is 0.0716. The molecular weight excluding hydrogens is 384 g/mol. The van der Waals surface area contributed by atoms with Crippen molar-refractivity contribution in [2.45, 2.75) is 78.4 Å². The summed E-state index contributed by atoms with van der Waals surface area (Å²) in [4.78, 5) is 52.3. The predicted octanol–water partition coefficient (Wildman–Crippen LogP) is 1.14. The van der Waals surface area contributed by atoms with Crippen LogP contribution in [0.15, 0.2) is 12.7 Å². The van der Waals surface area contributed by atoms with Crippen molar-refractivity contribution in [2.24, 2.45) is 17.1 Å². The number of carbonyl (C=O) groups is 4. The fourth-order valence-electron chi connectivity index (χ4n) is 3.49. The van der Waals surface area contributed by atoms with Crippen LogP contribution >= 0.6 is 0 Å². The van der Waals surface area contributed by atoms with Crippen LogP contribution < -0.4 is 16.4 Å². The Morgan fingerprint density at radius 3 is 2.43 bits per heavy atom. The average molecular weight is 423 g/mol. The van der Waals surface area contributed by atoms with Crippen molar-refractivity contribution in [1.29, 1.82) is 0 Å². The van der Waals surface area contributed by atoms with Crippen molar-refractivity contribution in [3.05, 3.63) is 12.7 Å². The molecule has 0 aromatic heterocycles. The second kappa shape index (κ2) is 11.2. The molecule has 0 aromatic carbocycles. The van der Waals surface area contributed by atoms with E-state index >= 15 is 0 Å². The first-order valence-electron chi connectivity index (χ1n) is 10.7. The summed E-state index contributed by atoms with van der Waals surface area (Å²) in [6.07, 6.45) is 4.02. The largest absolute Gasteiger partial charge is 0.346 e. The second-order valence-electron chi connectivity index (χ2n) is 9.15. The summed E-state index contributed by atoms with van der Waals surface area (Å²) < 4.78 is 0. The molecule has 8 nitrogen and oxygen atoms in total. The van der Waals surface area contributed by atoms with E-state index in [1.54, 1.807) is 0 Å². The van der Waals surface area contributed by atoms with Gasteiger partial charge in [-0.3, -0.25) is 19.2 Å². The lowest BCUT2D eigenvalue weighted by atomic mass is 9.86. The molecular formula is C22H38N4O4. The first-order valence-corrected chi connectivity index (χ1v) is 10.7. The van der Waals surface area contributed by atoms with Crippen LogP contribution in [0.4, 0.5) is 0 Å². The van der Waals surface area contributed by atoms with Crippen molar-refractivity contribution in [3.8, 4) is 0 Å². The highest BCUT2D eigenvalue weighted by Crippen LogP contribution is 2.28. The number of unbranched alkanes of at least 4 members (excludes halogenated alkanes) is 1. The van der Waals surface area contributed by atoms with Gasteiger partial charge in [-0.2, -0.15) is 0 Å². The normalized spacial score (nSPS) is 20.9. The molecule has 170 valence electrons. The minimum Gasteiger partial charge on any atom is -0.346 e. The van der Waals surface area contributed by atoms with Gasteiger partial charge in [-0.15, -0.1) is 6.58 Å². The van der Waals surface area contributed by atoms with Crippen LogP contribution in [0.1, 0.15) is 60.3 Å². The van der Waals surface area contributed by atoms with Crippen molar-refractivity contribution in [2.75, 3.05) is 13.1 Å². The first-order chi connectivity index (χ1) is 13.9. The molecule has 3 amide bonds. The van der Waals surface area contributed by atoms with E-state index in [1.165, 1.54) is 11.0 Å². The zero-order valence-electron chi connectivity index (χ0n) is 19.0. The van der Waals surface area contributed by atoms with Crippen LogP contribution in [0.3, 0.4) is 0 Å². The number of carbonyl (C=O) groups excluding carboxylic acids is 4. The summed E-state index contributed by atoms with van der Waals surface area (Å²) in [6, 6.07) is -2.37. The summed E-state index contributed by atoms with van der Waals surface area (Å²) in [5.74, 6) is -2.20. The zero-order valence-corrected chi connectivity index (χ0v) is 19.0. The molecule has 30 heavy (non-hydrogen) atoms. The Labute approximate surface area is 180 Å². The number of hydrogen-bond donors (Lipinski definition) is 3. The highest BCUT2D eigenvalue weighted by atomic mass is 16.2. The number of likely N-dealkylation sites (tertiary alicyclic amines) is 1. The third-order valence-electron chi connectivity index (χ3n) is 5.56. The fourth-order valence-corrected chi connectivity index (χ4v) is 3.49. The van der Waals surface area contributed by atoms with E-state index in [9.17, 15) is 19.2 Å². The van der Waals surface area contributed by atoms with Gasteiger partial charge in [0.25, 0.3) is 5.91 Å². The van der Waals surface area contributed by atoms with E-state index in [2.05, 4.69) is 17.2 Å². The Kier molecular flexibility index (Phi) is 9.68. The summed E-state index contributed by atoms with van der Waals surface area (Å²) >= 11 is 0. The van der Waals surface area contributed by atoms with Gasteiger partial charge < -0.3 is 21.3 Å². The molecule has 1 saturated heterocycles. The molecule has 4 atom stereocenters. The minimum atomic E-state index is -0.927. The number of Topliss-reactive ketones (excluding diaryl/α,β-unsaturated/α-hetero) is 1. The molecule has 1 fully saturated rings. The lowest BCUT2D eigenvalue weighted by molar-refractivity contribution is -0.144. The van der Waals surface area contributed by atoms with E-state index in [4.69, 9.17) is 5.73 Å². The van der Waals surface area contributed by atoms with Crippen LogP contribution in [0.2, 0.25) is 0 Å². The third kappa shape index (κ3) is 6.65. The van der Waals surface area contributed by atoms with Crippen molar-refractivity contribution < 1.29 is 19.2 Å². The molecule has 1 aliphatic rings. The van der Waals surface area contributed by atoms with Crippen LogP contribution in [-0.4, -0.2) is 59.6 Å². The van der Waals surface area contributed by atoms with Crippen LogP contribution in [0.5, 0.6) is 0 Å². The lowest BCUT2D eigenvalue weighted by Gasteiger charge is -2.34. The number of hydrogen-bond acceptors (Lipinski definition) is 5. The van der Waals surface area contributed by atoms with Crippen LogP contribution in [-0.2, 0) is 19.2 Å². The first kappa shape index (κ1) is 25.8. The van der Waals surface area contributed by atoms with Crippen molar-refractivity contribution >= 4 is 23.5 Å². The number of amides is 3. The molecule has 8 heteroatoms. The number of nitrogens with zero attached hydrogens (tertiary/aromatic N) is 1. The molecule has 0 aliphatic carbocycles. The number of ketones is 1. The van der Waals surface area contributed by atoms with E-state index in [-0.39, 0.29) is 18.4 Å². The molecule has 2 unspecified atom stereocenters. The smallest absolute Gasteiger partial charge is 0.289 e. The Bertz CT molecular complexity index is 656. The standard InChI is InChI=1S/C22H38N4O4/c1-7-9-10-15(17(27)20(29)24-12-8-2)25-19(28)16-14(3)11-13-26(16)21(30)18(23)22(4,5)6/h8,14-16,18H,2,7,9-13,23H2,1,3-6H3,(H,24,29)(H,25,28)/t14?,15?,16-,18+/m0/s1. The van der Waals surface area contributed by atoms with Gasteiger partial charge in [0, 0.05) is 13.1 Å². The summed E-state index contributed by atoms with van der Waals surface area (Å²) in [5, 5.41) is 5.19.